The number of aromatic nitrogens is 2. The van der Waals surface area contributed by atoms with E-state index in [9.17, 15) is 0 Å². The lowest BCUT2D eigenvalue weighted by Crippen LogP contribution is -2.23. The summed E-state index contributed by atoms with van der Waals surface area (Å²) in [6, 6.07) is 9.17. The summed E-state index contributed by atoms with van der Waals surface area (Å²) in [5.41, 5.74) is 3.20. The molecule has 0 fully saturated rings. The highest BCUT2D eigenvalue weighted by Gasteiger charge is 2.39. The molecule has 2 heteroatoms. The molecule has 2 nitrogen and oxygen atoms in total. The molecule has 0 saturated carbocycles. The molecule has 1 aromatic carbocycles. The van der Waals surface area contributed by atoms with Gasteiger partial charge in [-0.3, -0.25) is 0 Å². The minimum Gasteiger partial charge on any atom is -0.329 e. The molecule has 1 unspecified atom stereocenters. The van der Waals surface area contributed by atoms with Crippen LogP contribution in [-0.4, -0.2) is 9.55 Å². The van der Waals surface area contributed by atoms with Crippen LogP contribution >= 0.6 is 0 Å². The summed E-state index contributed by atoms with van der Waals surface area (Å²) in [4.78, 5) is 4.17. The second kappa shape index (κ2) is 3.21. The van der Waals surface area contributed by atoms with Crippen molar-refractivity contribution in [1.29, 1.82) is 0 Å². The fraction of sp³-hybridized carbons (Fsp3) is 0.357. The summed E-state index contributed by atoms with van der Waals surface area (Å²) < 4.78 is 2.23. The number of rotatable bonds is 1. The smallest absolute Gasteiger partial charge is 0.0951 e. The molecular weight excluding hydrogens is 196 g/mol. The van der Waals surface area contributed by atoms with Crippen LogP contribution in [0.25, 0.3) is 0 Å². The van der Waals surface area contributed by atoms with Gasteiger partial charge in [0, 0.05) is 12.4 Å². The Morgan fingerprint density at radius 2 is 2.12 bits per heavy atom. The van der Waals surface area contributed by atoms with Gasteiger partial charge in [0.2, 0.25) is 0 Å². The molecule has 1 atom stereocenters. The van der Waals surface area contributed by atoms with E-state index >= 15 is 0 Å². The first-order chi connectivity index (χ1) is 7.68. The van der Waals surface area contributed by atoms with Crippen molar-refractivity contribution in [3.05, 3.63) is 54.1 Å². The summed E-state index contributed by atoms with van der Waals surface area (Å²) >= 11 is 0. The molecule has 1 aromatic heterocycles. The highest BCUT2D eigenvalue weighted by Crippen LogP contribution is 2.47. The van der Waals surface area contributed by atoms with Gasteiger partial charge in [0.15, 0.2) is 0 Å². The maximum Gasteiger partial charge on any atom is 0.0951 e. The fourth-order valence-corrected chi connectivity index (χ4v) is 2.96. The summed E-state index contributed by atoms with van der Waals surface area (Å²) in [6.45, 7) is 4.66. The first kappa shape index (κ1) is 9.64. The van der Waals surface area contributed by atoms with Gasteiger partial charge in [0.1, 0.15) is 0 Å². The van der Waals surface area contributed by atoms with Crippen LogP contribution in [0.5, 0.6) is 0 Å². The van der Waals surface area contributed by atoms with Crippen LogP contribution in [0.15, 0.2) is 43.0 Å². The first-order valence-corrected chi connectivity index (χ1v) is 5.74. The molecule has 0 aliphatic heterocycles. The van der Waals surface area contributed by atoms with E-state index in [-0.39, 0.29) is 5.41 Å². The molecule has 0 N–H and O–H groups in total. The van der Waals surface area contributed by atoms with E-state index in [0.717, 1.165) is 6.42 Å². The maximum atomic E-state index is 4.17. The van der Waals surface area contributed by atoms with Gasteiger partial charge < -0.3 is 4.57 Å². The maximum absolute atomic E-state index is 4.17. The summed E-state index contributed by atoms with van der Waals surface area (Å²) in [5, 5.41) is 0. The van der Waals surface area contributed by atoms with E-state index in [2.05, 4.69) is 53.9 Å². The van der Waals surface area contributed by atoms with Gasteiger partial charge in [-0.05, 0) is 23.0 Å². The molecule has 0 saturated heterocycles. The third kappa shape index (κ3) is 1.29. The Labute approximate surface area is 95.9 Å². The van der Waals surface area contributed by atoms with Crippen LogP contribution in [-0.2, 0) is 6.42 Å². The first-order valence-electron chi connectivity index (χ1n) is 5.74. The van der Waals surface area contributed by atoms with Crippen LogP contribution in [0, 0.1) is 5.41 Å². The second-order valence-corrected chi connectivity index (χ2v) is 5.28. The standard InChI is InChI=1S/C14H16N2/c1-14(2)9-11-5-3-4-6-12(11)13(14)16-8-7-15-10-16/h3-8,10,13H,9H2,1-2H3. The Kier molecular flexibility index (Phi) is 1.93. The van der Waals surface area contributed by atoms with Crippen LogP contribution in [0.2, 0.25) is 0 Å². The van der Waals surface area contributed by atoms with Crippen molar-refractivity contribution < 1.29 is 0 Å². The van der Waals surface area contributed by atoms with E-state index in [1.54, 1.807) is 0 Å². The topological polar surface area (TPSA) is 17.8 Å². The van der Waals surface area contributed by atoms with Crippen molar-refractivity contribution in [3.63, 3.8) is 0 Å². The molecule has 0 bridgehead atoms. The number of nitrogens with zero attached hydrogens (tertiary/aromatic N) is 2. The summed E-state index contributed by atoms with van der Waals surface area (Å²) in [7, 11) is 0. The third-order valence-corrected chi connectivity index (χ3v) is 3.56. The monoisotopic (exact) mass is 212 g/mol. The van der Waals surface area contributed by atoms with Crippen molar-refractivity contribution in [1.82, 2.24) is 9.55 Å². The van der Waals surface area contributed by atoms with Crippen molar-refractivity contribution >= 4 is 0 Å². The van der Waals surface area contributed by atoms with Gasteiger partial charge in [-0.15, -0.1) is 0 Å². The highest BCUT2D eigenvalue weighted by molar-refractivity contribution is 5.38. The van der Waals surface area contributed by atoms with Crippen LogP contribution < -0.4 is 0 Å². The Morgan fingerprint density at radius 3 is 2.88 bits per heavy atom. The normalized spacial score (nSPS) is 22.0. The van der Waals surface area contributed by atoms with Gasteiger partial charge >= 0.3 is 0 Å². The van der Waals surface area contributed by atoms with Gasteiger partial charge in [-0.25, -0.2) is 4.98 Å². The molecule has 0 amide bonds. The predicted octanol–water partition coefficient (Wildman–Crippen LogP) is 3.05. The predicted molar refractivity (Wildman–Crippen MR) is 64.3 cm³/mol. The van der Waals surface area contributed by atoms with E-state index < -0.39 is 0 Å². The lowest BCUT2D eigenvalue weighted by molar-refractivity contribution is 0.279. The zero-order chi connectivity index (χ0) is 11.2. The Hall–Kier alpha value is -1.57. The molecule has 0 spiro atoms. The van der Waals surface area contributed by atoms with Gasteiger partial charge in [0.05, 0.1) is 12.4 Å². The van der Waals surface area contributed by atoms with E-state index in [1.807, 2.05) is 12.5 Å². The summed E-state index contributed by atoms with van der Waals surface area (Å²) in [6.07, 6.45) is 6.99. The highest BCUT2D eigenvalue weighted by atomic mass is 15.1. The van der Waals surface area contributed by atoms with Crippen molar-refractivity contribution in [2.45, 2.75) is 26.3 Å². The number of benzene rings is 1. The minimum absolute atomic E-state index is 0.268. The number of hydrogen-bond acceptors (Lipinski definition) is 1. The lowest BCUT2D eigenvalue weighted by atomic mass is 9.85. The average molecular weight is 212 g/mol. The zero-order valence-electron chi connectivity index (χ0n) is 9.72. The average Bonchev–Trinajstić information content (AvgIpc) is 2.80. The Bertz CT molecular complexity index is 497. The molecule has 3 rings (SSSR count). The largest absolute Gasteiger partial charge is 0.329 e. The van der Waals surface area contributed by atoms with Gasteiger partial charge in [0.25, 0.3) is 0 Å². The minimum atomic E-state index is 0.268. The van der Waals surface area contributed by atoms with E-state index in [4.69, 9.17) is 0 Å². The van der Waals surface area contributed by atoms with Crippen molar-refractivity contribution in [2.75, 3.05) is 0 Å². The lowest BCUT2D eigenvalue weighted by Gasteiger charge is -2.28. The quantitative estimate of drug-likeness (QED) is 0.710. The van der Waals surface area contributed by atoms with Crippen LogP contribution in [0.4, 0.5) is 0 Å². The molecule has 1 aliphatic carbocycles. The zero-order valence-corrected chi connectivity index (χ0v) is 9.72. The van der Waals surface area contributed by atoms with Crippen molar-refractivity contribution in [3.8, 4) is 0 Å². The molecule has 1 heterocycles. The molecular formula is C14H16N2. The van der Waals surface area contributed by atoms with Crippen LogP contribution in [0.3, 0.4) is 0 Å². The van der Waals surface area contributed by atoms with Gasteiger partial charge in [-0.2, -0.15) is 0 Å². The Balaban J connectivity index is 2.16. The van der Waals surface area contributed by atoms with Gasteiger partial charge in [-0.1, -0.05) is 38.1 Å². The van der Waals surface area contributed by atoms with E-state index in [0.29, 0.717) is 6.04 Å². The number of hydrogen-bond donors (Lipinski definition) is 0. The molecule has 0 radical (unpaired) electrons. The molecule has 1 aliphatic rings. The number of imidazole rings is 1. The fourth-order valence-electron chi connectivity index (χ4n) is 2.96. The SMILES string of the molecule is CC1(C)Cc2ccccc2C1n1ccnc1. The second-order valence-electron chi connectivity index (χ2n) is 5.28. The summed E-state index contributed by atoms with van der Waals surface area (Å²) in [5.74, 6) is 0. The number of fused-ring (bicyclic) bond motifs is 1. The molecule has 2 aromatic rings. The Morgan fingerprint density at radius 1 is 1.31 bits per heavy atom. The van der Waals surface area contributed by atoms with Crippen LogP contribution in [0.1, 0.15) is 31.0 Å². The molecule has 82 valence electrons. The van der Waals surface area contributed by atoms with Crippen molar-refractivity contribution in [2.24, 2.45) is 5.41 Å². The van der Waals surface area contributed by atoms with E-state index in [1.165, 1.54) is 11.1 Å². The third-order valence-electron chi connectivity index (χ3n) is 3.56. The molecule has 16 heavy (non-hydrogen) atoms.